The molecule has 2 rings (SSSR count). The SMILES string of the molecule is CCC(C)C(NC(=O)CCCCCCCCCCCC(C)(C)N1C(=O)CC(CC(O)C2C[C@@H](C)C[C@H](C)C2=O)CC1=O)C(=O)NC(C)C(=O)O. The van der Waals surface area contributed by atoms with Gasteiger partial charge in [0.05, 0.1) is 6.10 Å². The first-order valence-electron chi connectivity index (χ1n) is 19.4. The molecule has 1 aliphatic carbocycles. The van der Waals surface area contributed by atoms with E-state index < -0.39 is 41.5 Å². The number of unbranched alkanes of at least 4 members (excludes halogenated alkanes) is 8. The zero-order valence-corrected chi connectivity index (χ0v) is 31.9. The molecule has 5 unspecified atom stereocenters. The highest BCUT2D eigenvalue weighted by atomic mass is 16.4. The van der Waals surface area contributed by atoms with Crippen molar-refractivity contribution in [2.45, 2.75) is 181 Å². The quantitative estimate of drug-likeness (QED) is 0.0792. The van der Waals surface area contributed by atoms with Gasteiger partial charge in [0, 0.05) is 36.6 Å². The van der Waals surface area contributed by atoms with Crippen molar-refractivity contribution in [1.29, 1.82) is 0 Å². The topological polar surface area (TPSA) is 170 Å². The Labute approximate surface area is 300 Å². The molecule has 11 heteroatoms. The molecule has 2 aliphatic rings. The summed E-state index contributed by atoms with van der Waals surface area (Å²) in [5.41, 5.74) is -0.566. The lowest BCUT2D eigenvalue weighted by molar-refractivity contribution is -0.157. The molecule has 1 saturated heterocycles. The van der Waals surface area contributed by atoms with Crippen LogP contribution in [0.2, 0.25) is 0 Å². The number of ketones is 1. The Bertz CT molecular complexity index is 1140. The lowest BCUT2D eigenvalue weighted by atomic mass is 9.71. The normalized spacial score (nSPS) is 22.9. The second-order valence-corrected chi connectivity index (χ2v) is 16.2. The first kappa shape index (κ1) is 43.3. The van der Waals surface area contributed by atoms with E-state index in [-0.39, 0.29) is 54.1 Å². The molecule has 11 nitrogen and oxygen atoms in total. The van der Waals surface area contributed by atoms with Crippen LogP contribution in [0.15, 0.2) is 0 Å². The standard InChI is InChI=1S/C39H67N3O8/c1-8-26(3)35(37(48)40-28(5)38(49)50)41-32(44)18-16-14-12-10-9-11-13-15-17-19-39(6,7)42-33(45)23-29(24-34(42)46)22-31(43)30-21-25(2)20-27(4)36(30)47/h25-31,35,43H,8-24H2,1-7H3,(H,40,48)(H,41,44)(H,49,50)/t25-,26?,27-,28?,30?,31?,35?/m0/s1. The zero-order valence-electron chi connectivity index (χ0n) is 31.9. The number of carbonyl (C=O) groups is 6. The number of hydrogen-bond acceptors (Lipinski definition) is 7. The van der Waals surface area contributed by atoms with Crippen LogP contribution in [0.1, 0.15) is 158 Å². The molecule has 4 amide bonds. The molecule has 4 N–H and O–H groups in total. The second kappa shape index (κ2) is 20.9. The summed E-state index contributed by atoms with van der Waals surface area (Å²) in [6.07, 6.45) is 12.2. The molecule has 1 saturated carbocycles. The Morgan fingerprint density at radius 2 is 1.40 bits per heavy atom. The fourth-order valence-corrected chi connectivity index (χ4v) is 7.82. The predicted octanol–water partition coefficient (Wildman–Crippen LogP) is 5.94. The predicted molar refractivity (Wildman–Crippen MR) is 193 cm³/mol. The minimum Gasteiger partial charge on any atom is -0.480 e. The molecular weight excluding hydrogens is 638 g/mol. The number of aliphatic carboxylic acids is 1. The molecule has 0 radical (unpaired) electrons. The average Bonchev–Trinajstić information content (AvgIpc) is 3.02. The van der Waals surface area contributed by atoms with Gasteiger partial charge in [-0.25, -0.2) is 0 Å². The van der Waals surface area contributed by atoms with Crippen LogP contribution in [0.4, 0.5) is 0 Å². The van der Waals surface area contributed by atoms with Crippen LogP contribution in [-0.4, -0.2) is 74.2 Å². The van der Waals surface area contributed by atoms with Crippen LogP contribution in [0.5, 0.6) is 0 Å². The summed E-state index contributed by atoms with van der Waals surface area (Å²) in [5.74, 6) is -2.47. The molecule has 0 aromatic rings. The van der Waals surface area contributed by atoms with Crippen LogP contribution < -0.4 is 10.6 Å². The van der Waals surface area contributed by atoms with Crippen molar-refractivity contribution >= 4 is 35.4 Å². The van der Waals surface area contributed by atoms with Crippen LogP contribution in [0.25, 0.3) is 0 Å². The third-order valence-corrected chi connectivity index (χ3v) is 11.1. The number of nitrogens with one attached hydrogen (secondary N) is 2. The molecule has 7 atom stereocenters. The molecule has 0 aromatic heterocycles. The van der Waals surface area contributed by atoms with Gasteiger partial charge >= 0.3 is 5.97 Å². The van der Waals surface area contributed by atoms with Crippen LogP contribution >= 0.6 is 0 Å². The summed E-state index contributed by atoms with van der Waals surface area (Å²) in [5, 5.41) is 25.2. The van der Waals surface area contributed by atoms with Gasteiger partial charge in [0.25, 0.3) is 0 Å². The number of rotatable bonds is 22. The van der Waals surface area contributed by atoms with E-state index in [1.54, 1.807) is 0 Å². The van der Waals surface area contributed by atoms with E-state index in [9.17, 15) is 33.9 Å². The molecule has 0 bridgehead atoms. The highest BCUT2D eigenvalue weighted by Crippen LogP contribution is 2.37. The number of aliphatic hydroxyl groups is 1. The zero-order chi connectivity index (χ0) is 37.6. The Morgan fingerprint density at radius 3 is 1.94 bits per heavy atom. The summed E-state index contributed by atoms with van der Waals surface area (Å²) in [6.45, 7) is 13.1. The van der Waals surface area contributed by atoms with E-state index in [4.69, 9.17) is 5.11 Å². The average molecular weight is 706 g/mol. The number of carboxylic acids is 1. The van der Waals surface area contributed by atoms with Crippen molar-refractivity contribution in [2.75, 3.05) is 0 Å². The van der Waals surface area contributed by atoms with Crippen molar-refractivity contribution in [3.63, 3.8) is 0 Å². The van der Waals surface area contributed by atoms with E-state index in [0.717, 1.165) is 70.6 Å². The van der Waals surface area contributed by atoms with Gasteiger partial charge in [-0.15, -0.1) is 0 Å². The lowest BCUT2D eigenvalue weighted by Crippen LogP contribution is -2.55. The van der Waals surface area contributed by atoms with Crippen LogP contribution in [0, 0.1) is 29.6 Å². The van der Waals surface area contributed by atoms with Crippen molar-refractivity contribution in [3.8, 4) is 0 Å². The number of piperidine rings is 1. The Hall–Kier alpha value is -2.82. The number of aliphatic hydroxyl groups excluding tert-OH is 1. The third kappa shape index (κ3) is 13.7. The number of likely N-dealkylation sites (tertiary alicyclic amines) is 1. The van der Waals surface area contributed by atoms with Crippen molar-refractivity contribution in [3.05, 3.63) is 0 Å². The Balaban J connectivity index is 1.61. The maximum absolute atomic E-state index is 13.2. The molecule has 1 heterocycles. The molecular formula is C39H67N3O8. The highest BCUT2D eigenvalue weighted by molar-refractivity contribution is 5.98. The van der Waals surface area contributed by atoms with E-state index >= 15 is 0 Å². The monoisotopic (exact) mass is 705 g/mol. The lowest BCUT2D eigenvalue weighted by Gasteiger charge is -2.42. The molecule has 0 aromatic carbocycles. The summed E-state index contributed by atoms with van der Waals surface area (Å²) in [7, 11) is 0. The summed E-state index contributed by atoms with van der Waals surface area (Å²) in [4.78, 5) is 76.6. The number of carbonyl (C=O) groups excluding carboxylic acids is 5. The molecule has 2 fully saturated rings. The van der Waals surface area contributed by atoms with Gasteiger partial charge in [0.1, 0.15) is 17.9 Å². The number of nitrogens with zero attached hydrogens (tertiary/aromatic N) is 1. The number of Topliss-reactive ketones (excluding diaryl/α,β-unsaturated/α-hetero) is 1. The third-order valence-electron chi connectivity index (χ3n) is 11.1. The van der Waals surface area contributed by atoms with E-state index in [2.05, 4.69) is 17.6 Å². The number of imide groups is 1. The first-order valence-corrected chi connectivity index (χ1v) is 19.4. The molecule has 50 heavy (non-hydrogen) atoms. The molecule has 0 spiro atoms. The fraction of sp³-hybridized carbons (Fsp3) is 0.846. The molecule has 1 aliphatic heterocycles. The highest BCUT2D eigenvalue weighted by Gasteiger charge is 2.43. The largest absolute Gasteiger partial charge is 0.480 e. The summed E-state index contributed by atoms with van der Waals surface area (Å²) in [6, 6.07) is -1.78. The van der Waals surface area contributed by atoms with Gasteiger partial charge in [0.2, 0.25) is 23.6 Å². The van der Waals surface area contributed by atoms with E-state index in [0.29, 0.717) is 31.6 Å². The number of carboxylic acid groups (broad SMARTS) is 1. The summed E-state index contributed by atoms with van der Waals surface area (Å²) < 4.78 is 0. The maximum Gasteiger partial charge on any atom is 0.325 e. The van der Waals surface area contributed by atoms with Gasteiger partial charge in [-0.3, -0.25) is 33.7 Å². The van der Waals surface area contributed by atoms with Crippen molar-refractivity contribution in [1.82, 2.24) is 15.5 Å². The Kier molecular flexibility index (Phi) is 18.1. The smallest absolute Gasteiger partial charge is 0.325 e. The van der Waals surface area contributed by atoms with Gasteiger partial charge in [-0.1, -0.05) is 85.5 Å². The van der Waals surface area contributed by atoms with Crippen LogP contribution in [-0.2, 0) is 28.8 Å². The van der Waals surface area contributed by atoms with E-state index in [1.807, 2.05) is 34.6 Å². The summed E-state index contributed by atoms with van der Waals surface area (Å²) >= 11 is 0. The minimum atomic E-state index is -1.12. The Morgan fingerprint density at radius 1 is 0.860 bits per heavy atom. The van der Waals surface area contributed by atoms with Gasteiger partial charge in [-0.05, 0) is 70.6 Å². The van der Waals surface area contributed by atoms with E-state index in [1.165, 1.54) is 11.8 Å². The number of amides is 4. The van der Waals surface area contributed by atoms with Crippen molar-refractivity contribution < 1.29 is 39.0 Å². The van der Waals surface area contributed by atoms with Crippen LogP contribution in [0.3, 0.4) is 0 Å². The number of hydrogen-bond donors (Lipinski definition) is 4. The van der Waals surface area contributed by atoms with Gasteiger partial charge in [0.15, 0.2) is 0 Å². The van der Waals surface area contributed by atoms with Crippen molar-refractivity contribution in [2.24, 2.45) is 29.6 Å². The fourth-order valence-electron chi connectivity index (χ4n) is 7.82. The van der Waals surface area contributed by atoms with Gasteiger partial charge in [-0.2, -0.15) is 0 Å². The van der Waals surface area contributed by atoms with Gasteiger partial charge < -0.3 is 20.8 Å². The first-order chi connectivity index (χ1) is 23.5. The second-order valence-electron chi connectivity index (χ2n) is 16.2. The maximum atomic E-state index is 13.2. The minimum absolute atomic E-state index is 0.0570. The molecule has 286 valence electrons.